The monoisotopic (exact) mass is 510 g/mol. The number of alkyl halides is 3. The van der Waals surface area contributed by atoms with Crippen LogP contribution in [0.4, 0.5) is 13.2 Å². The molecule has 6 nitrogen and oxygen atoms in total. The van der Waals surface area contributed by atoms with Crippen molar-refractivity contribution in [3.8, 4) is 0 Å². The van der Waals surface area contributed by atoms with Gasteiger partial charge in [-0.2, -0.15) is 13.2 Å². The van der Waals surface area contributed by atoms with Gasteiger partial charge in [0.25, 0.3) is 0 Å². The van der Waals surface area contributed by atoms with E-state index >= 15 is 0 Å². The predicted molar refractivity (Wildman–Crippen MR) is 115 cm³/mol. The summed E-state index contributed by atoms with van der Waals surface area (Å²) in [6, 6.07) is 4.61. The number of rotatable bonds is 3. The molecule has 1 saturated heterocycles. The van der Waals surface area contributed by atoms with E-state index in [0.29, 0.717) is 38.7 Å². The van der Waals surface area contributed by atoms with Crippen molar-refractivity contribution in [3.05, 3.63) is 29.6 Å². The first-order valence-electron chi connectivity index (χ1n) is 8.99. The van der Waals surface area contributed by atoms with Gasteiger partial charge in [-0.3, -0.25) is 9.89 Å². The summed E-state index contributed by atoms with van der Waals surface area (Å²) < 4.78 is 38.6. The van der Waals surface area contributed by atoms with Gasteiger partial charge < -0.3 is 15.2 Å². The van der Waals surface area contributed by atoms with Gasteiger partial charge in [0.05, 0.1) is 17.6 Å². The number of aromatic nitrogens is 2. The molecule has 0 bridgehead atoms. The highest BCUT2D eigenvalue weighted by Gasteiger charge is 2.41. The zero-order valence-corrected chi connectivity index (χ0v) is 18.5. The van der Waals surface area contributed by atoms with Crippen molar-refractivity contribution < 1.29 is 13.2 Å². The minimum absolute atomic E-state index is 0. The van der Waals surface area contributed by atoms with Crippen LogP contribution in [-0.4, -0.2) is 71.2 Å². The van der Waals surface area contributed by atoms with Crippen LogP contribution < -0.4 is 5.32 Å². The van der Waals surface area contributed by atoms with Crippen LogP contribution in [0.5, 0.6) is 0 Å². The molecule has 2 aromatic rings. The molecule has 0 radical (unpaired) electrons. The zero-order valence-electron chi connectivity index (χ0n) is 16.2. The Bertz CT molecular complexity index is 811. The number of imidazole rings is 1. The van der Waals surface area contributed by atoms with Gasteiger partial charge in [-0.1, -0.05) is 6.07 Å². The number of nitrogens with one attached hydrogen (secondary N) is 2. The van der Waals surface area contributed by atoms with Crippen LogP contribution >= 0.6 is 24.0 Å². The lowest BCUT2D eigenvalue weighted by atomic mass is 10.2. The second-order valence-corrected chi connectivity index (χ2v) is 6.85. The molecule has 0 amide bonds. The third-order valence-electron chi connectivity index (χ3n) is 4.95. The van der Waals surface area contributed by atoms with E-state index in [1.54, 1.807) is 7.05 Å². The number of piperazine rings is 1. The molecule has 1 aromatic carbocycles. The Labute approximate surface area is 179 Å². The molecule has 1 fully saturated rings. The summed E-state index contributed by atoms with van der Waals surface area (Å²) >= 11 is 0. The molecule has 1 atom stereocenters. The number of benzene rings is 1. The smallest absolute Gasteiger partial charge is 0.349 e. The summed E-state index contributed by atoms with van der Waals surface area (Å²) in [6.45, 7) is 5.42. The molecule has 1 aromatic heterocycles. The van der Waals surface area contributed by atoms with E-state index in [9.17, 15) is 13.2 Å². The molecule has 0 saturated carbocycles. The lowest BCUT2D eigenvalue weighted by molar-refractivity contribution is -0.181. The summed E-state index contributed by atoms with van der Waals surface area (Å²) in [5, 5.41) is 3.25. The third-order valence-corrected chi connectivity index (χ3v) is 4.95. The molecular weight excluding hydrogens is 484 g/mol. The Morgan fingerprint density at radius 3 is 2.57 bits per heavy atom. The van der Waals surface area contributed by atoms with Crippen molar-refractivity contribution in [2.24, 2.45) is 4.99 Å². The Hall–Kier alpha value is -1.56. The predicted octanol–water partition coefficient (Wildman–Crippen LogP) is 3.13. The van der Waals surface area contributed by atoms with E-state index in [0.717, 1.165) is 22.4 Å². The van der Waals surface area contributed by atoms with Gasteiger partial charge in [0.15, 0.2) is 5.96 Å². The Morgan fingerprint density at radius 1 is 1.29 bits per heavy atom. The number of halogens is 4. The SMILES string of the molecule is CN=C(NCc1nc2ccc(C)cc2[nH]1)N1CCN(C(C)C(F)(F)F)CC1.I. The topological polar surface area (TPSA) is 59.6 Å². The third kappa shape index (κ3) is 5.28. The van der Waals surface area contributed by atoms with Gasteiger partial charge in [-0.05, 0) is 31.5 Å². The number of aryl methyl sites for hydroxylation is 1. The Balaban J connectivity index is 0.00000280. The lowest BCUT2D eigenvalue weighted by Crippen LogP contribution is -2.56. The van der Waals surface area contributed by atoms with Crippen molar-refractivity contribution in [2.75, 3.05) is 33.2 Å². The standard InChI is InChI=1S/C18H25F3N6.HI/c1-12-4-5-14-15(10-12)25-16(24-14)11-23-17(22-3)27-8-6-26(7-9-27)13(2)18(19,20)21;/h4-5,10,13H,6-9,11H2,1-3H3,(H,22,23)(H,24,25);1H. The maximum atomic E-state index is 12.9. The van der Waals surface area contributed by atoms with Gasteiger partial charge in [0, 0.05) is 33.2 Å². The Kier molecular flexibility index (Phi) is 7.54. The highest BCUT2D eigenvalue weighted by Crippen LogP contribution is 2.25. The van der Waals surface area contributed by atoms with Gasteiger partial charge in [-0.25, -0.2) is 4.98 Å². The van der Waals surface area contributed by atoms with E-state index < -0.39 is 12.2 Å². The summed E-state index contributed by atoms with van der Waals surface area (Å²) in [5.74, 6) is 1.46. The van der Waals surface area contributed by atoms with Crippen molar-refractivity contribution >= 4 is 41.0 Å². The van der Waals surface area contributed by atoms with Crippen LogP contribution in [0.3, 0.4) is 0 Å². The number of nitrogens with zero attached hydrogens (tertiary/aromatic N) is 4. The normalized spacial score (nSPS) is 17.5. The van der Waals surface area contributed by atoms with E-state index in [-0.39, 0.29) is 24.0 Å². The van der Waals surface area contributed by atoms with Crippen LogP contribution in [0, 0.1) is 6.92 Å². The fourth-order valence-corrected chi connectivity index (χ4v) is 3.28. The average Bonchev–Trinajstić information content (AvgIpc) is 3.03. The number of aliphatic imine (C=N–C) groups is 1. The first-order chi connectivity index (χ1) is 12.8. The van der Waals surface area contributed by atoms with Gasteiger partial charge >= 0.3 is 6.18 Å². The molecule has 2 N–H and O–H groups in total. The molecule has 0 aliphatic carbocycles. The average molecular weight is 510 g/mol. The van der Waals surface area contributed by atoms with Crippen molar-refractivity contribution in [1.29, 1.82) is 0 Å². The van der Waals surface area contributed by atoms with Gasteiger partial charge in [0.1, 0.15) is 11.9 Å². The molecular formula is C18H26F3IN6. The number of aromatic amines is 1. The second-order valence-electron chi connectivity index (χ2n) is 6.85. The highest BCUT2D eigenvalue weighted by molar-refractivity contribution is 14.0. The maximum absolute atomic E-state index is 12.9. The van der Waals surface area contributed by atoms with Crippen LogP contribution in [0.25, 0.3) is 11.0 Å². The van der Waals surface area contributed by atoms with Crippen molar-refractivity contribution in [3.63, 3.8) is 0 Å². The molecule has 28 heavy (non-hydrogen) atoms. The fraction of sp³-hybridized carbons (Fsp3) is 0.556. The molecule has 1 aliphatic rings. The van der Waals surface area contributed by atoms with Crippen LogP contribution in [-0.2, 0) is 6.54 Å². The lowest BCUT2D eigenvalue weighted by Gasteiger charge is -2.39. The molecule has 1 aliphatic heterocycles. The van der Waals surface area contributed by atoms with Crippen molar-refractivity contribution in [1.82, 2.24) is 25.1 Å². The summed E-state index contributed by atoms with van der Waals surface area (Å²) in [5.41, 5.74) is 3.05. The highest BCUT2D eigenvalue weighted by atomic mass is 127. The van der Waals surface area contributed by atoms with Crippen LogP contribution in [0.15, 0.2) is 23.2 Å². The summed E-state index contributed by atoms with van der Waals surface area (Å²) in [7, 11) is 1.68. The molecule has 10 heteroatoms. The number of fused-ring (bicyclic) bond motifs is 1. The summed E-state index contributed by atoms with van der Waals surface area (Å²) in [6.07, 6.45) is -4.19. The van der Waals surface area contributed by atoms with Crippen LogP contribution in [0.1, 0.15) is 18.3 Å². The molecule has 2 heterocycles. The van der Waals surface area contributed by atoms with E-state index in [1.165, 1.54) is 11.8 Å². The van der Waals surface area contributed by atoms with Crippen LogP contribution in [0.2, 0.25) is 0 Å². The number of hydrogen-bond acceptors (Lipinski definition) is 3. The minimum Gasteiger partial charge on any atom is -0.349 e. The first kappa shape index (κ1) is 22.7. The van der Waals surface area contributed by atoms with E-state index in [1.807, 2.05) is 30.0 Å². The molecule has 0 spiro atoms. The molecule has 1 unspecified atom stereocenters. The minimum atomic E-state index is -4.19. The van der Waals surface area contributed by atoms with Gasteiger partial charge in [-0.15, -0.1) is 24.0 Å². The second kappa shape index (κ2) is 9.29. The maximum Gasteiger partial charge on any atom is 0.403 e. The largest absolute Gasteiger partial charge is 0.403 e. The molecule has 3 rings (SSSR count). The van der Waals surface area contributed by atoms with Gasteiger partial charge in [0.2, 0.25) is 0 Å². The zero-order chi connectivity index (χ0) is 19.6. The fourth-order valence-electron chi connectivity index (χ4n) is 3.28. The van der Waals surface area contributed by atoms with E-state index in [4.69, 9.17) is 0 Å². The number of guanidine groups is 1. The van der Waals surface area contributed by atoms with E-state index in [2.05, 4.69) is 20.3 Å². The molecule has 156 valence electrons. The Morgan fingerprint density at radius 2 is 1.96 bits per heavy atom. The van der Waals surface area contributed by atoms with Crippen molar-refractivity contribution in [2.45, 2.75) is 32.6 Å². The quantitative estimate of drug-likeness (QED) is 0.379. The summed E-state index contributed by atoms with van der Waals surface area (Å²) in [4.78, 5) is 15.5. The first-order valence-corrected chi connectivity index (χ1v) is 8.99. The number of hydrogen-bond donors (Lipinski definition) is 2. The number of H-pyrrole nitrogens is 1.